The number of hydrogen-bond acceptors (Lipinski definition) is 4. The van der Waals surface area contributed by atoms with Crippen molar-refractivity contribution in [2.75, 3.05) is 0 Å². The highest BCUT2D eigenvalue weighted by atomic mass is 35.5. The van der Waals surface area contributed by atoms with E-state index in [2.05, 4.69) is 16.2 Å². The first-order chi connectivity index (χ1) is 8.26. The minimum Gasteiger partial charge on any atom is -0.336 e. The maximum atomic E-state index is 11.9. The second kappa shape index (κ2) is 5.02. The van der Waals surface area contributed by atoms with E-state index in [1.807, 2.05) is 0 Å². The molecule has 0 aromatic carbocycles. The van der Waals surface area contributed by atoms with Crippen LogP contribution in [0.25, 0.3) is 0 Å². The highest BCUT2D eigenvalue weighted by molar-refractivity contribution is 6.32. The monoisotopic (exact) mass is 267 g/mol. The molecular weight excluding hydrogens is 258 g/mol. The third-order valence-electron chi connectivity index (χ3n) is 2.07. The van der Waals surface area contributed by atoms with Gasteiger partial charge in [0.15, 0.2) is 0 Å². The van der Waals surface area contributed by atoms with Crippen molar-refractivity contribution >= 4 is 23.2 Å². The molecule has 1 aromatic heterocycles. The molecule has 0 radical (unpaired) electrons. The number of halogens is 1. The Hall–Kier alpha value is -2.13. The third kappa shape index (κ3) is 3.18. The van der Waals surface area contributed by atoms with Crippen molar-refractivity contribution in [2.24, 2.45) is 0 Å². The van der Waals surface area contributed by atoms with Crippen LogP contribution in [0.2, 0.25) is 5.15 Å². The summed E-state index contributed by atoms with van der Waals surface area (Å²) >= 11 is 5.72. The highest BCUT2D eigenvalue weighted by Gasteiger charge is 2.22. The van der Waals surface area contributed by atoms with Crippen LogP contribution in [0.3, 0.4) is 0 Å². The molecule has 1 aromatic rings. The van der Waals surface area contributed by atoms with Crippen molar-refractivity contribution < 1.29 is 9.72 Å². The minimum atomic E-state index is -0.884. The topological polar surface area (TPSA) is 85.1 Å². The molecule has 0 aliphatic rings. The van der Waals surface area contributed by atoms with Gasteiger partial charge in [-0.05, 0) is 13.8 Å². The zero-order chi connectivity index (χ0) is 13.9. The molecule has 0 saturated heterocycles. The maximum Gasteiger partial charge on any atom is 0.288 e. The Morgan fingerprint density at radius 3 is 2.78 bits per heavy atom. The highest BCUT2D eigenvalue weighted by Crippen LogP contribution is 2.19. The number of nitrogens with zero attached hydrogens (tertiary/aromatic N) is 2. The van der Waals surface area contributed by atoms with Gasteiger partial charge in [-0.1, -0.05) is 17.5 Å². The number of carbonyl (C=O) groups excluding carboxylic acids is 1. The molecule has 0 fully saturated rings. The molecule has 0 aliphatic carbocycles. The SMILES string of the molecule is C#CC(C)(C)NC(=O)c1cc([N+](=O)[O-])cnc1Cl. The Morgan fingerprint density at radius 1 is 1.67 bits per heavy atom. The molecule has 0 saturated carbocycles. The number of nitro groups is 1. The molecular formula is C11H10ClN3O3. The molecule has 18 heavy (non-hydrogen) atoms. The first-order valence-corrected chi connectivity index (χ1v) is 5.25. The predicted molar refractivity (Wildman–Crippen MR) is 66.3 cm³/mol. The van der Waals surface area contributed by atoms with Gasteiger partial charge in [0.05, 0.1) is 16.0 Å². The number of amides is 1. The van der Waals surface area contributed by atoms with E-state index in [0.29, 0.717) is 0 Å². The van der Waals surface area contributed by atoms with Crippen LogP contribution >= 0.6 is 11.6 Å². The number of carbonyl (C=O) groups is 1. The summed E-state index contributed by atoms with van der Waals surface area (Å²) in [5.41, 5.74) is -1.29. The minimum absolute atomic E-state index is 0.0887. The fraction of sp³-hybridized carbons (Fsp3) is 0.273. The Kier molecular flexibility index (Phi) is 3.89. The quantitative estimate of drug-likeness (QED) is 0.391. The van der Waals surface area contributed by atoms with E-state index in [1.54, 1.807) is 13.8 Å². The Bertz CT molecular complexity index is 549. The van der Waals surface area contributed by atoms with Gasteiger partial charge in [-0.25, -0.2) is 4.98 Å². The van der Waals surface area contributed by atoms with Crippen molar-refractivity contribution in [3.63, 3.8) is 0 Å². The van der Waals surface area contributed by atoms with Gasteiger partial charge in [0, 0.05) is 6.07 Å². The van der Waals surface area contributed by atoms with Crippen LogP contribution in [0.15, 0.2) is 12.3 Å². The summed E-state index contributed by atoms with van der Waals surface area (Å²) in [6, 6.07) is 1.05. The summed E-state index contributed by atoms with van der Waals surface area (Å²) in [6.07, 6.45) is 6.20. The summed E-state index contributed by atoms with van der Waals surface area (Å²) in [5.74, 6) is 1.76. The lowest BCUT2D eigenvalue weighted by Gasteiger charge is -2.19. The first kappa shape index (κ1) is 13.9. The molecule has 6 nitrogen and oxygen atoms in total. The lowest BCUT2D eigenvalue weighted by Crippen LogP contribution is -2.42. The van der Waals surface area contributed by atoms with E-state index >= 15 is 0 Å². The number of nitrogens with one attached hydrogen (secondary N) is 1. The van der Waals surface area contributed by atoms with Crippen LogP contribution in [0, 0.1) is 22.5 Å². The van der Waals surface area contributed by atoms with Gasteiger partial charge >= 0.3 is 0 Å². The third-order valence-corrected chi connectivity index (χ3v) is 2.37. The van der Waals surface area contributed by atoms with Gasteiger partial charge in [-0.2, -0.15) is 0 Å². The molecule has 1 heterocycles. The molecule has 1 amide bonds. The molecule has 0 unspecified atom stereocenters. The number of pyridine rings is 1. The van der Waals surface area contributed by atoms with E-state index in [1.165, 1.54) is 0 Å². The molecule has 0 aliphatic heterocycles. The van der Waals surface area contributed by atoms with Crippen LogP contribution in [-0.4, -0.2) is 21.4 Å². The largest absolute Gasteiger partial charge is 0.336 e. The van der Waals surface area contributed by atoms with Crippen LogP contribution in [-0.2, 0) is 0 Å². The number of terminal acetylenes is 1. The predicted octanol–water partition coefficient (Wildman–Crippen LogP) is 1.78. The average molecular weight is 268 g/mol. The van der Waals surface area contributed by atoms with Gasteiger partial charge in [0.2, 0.25) is 0 Å². The van der Waals surface area contributed by atoms with Gasteiger partial charge in [0.1, 0.15) is 11.3 Å². The average Bonchev–Trinajstić information content (AvgIpc) is 2.28. The Morgan fingerprint density at radius 2 is 2.28 bits per heavy atom. The van der Waals surface area contributed by atoms with Crippen LogP contribution in [0.5, 0.6) is 0 Å². The molecule has 94 valence electrons. The second-order valence-corrected chi connectivity index (χ2v) is 4.37. The van der Waals surface area contributed by atoms with Gasteiger partial charge in [-0.3, -0.25) is 14.9 Å². The molecule has 1 rings (SSSR count). The van der Waals surface area contributed by atoms with E-state index in [4.69, 9.17) is 18.0 Å². The van der Waals surface area contributed by atoms with Crippen molar-refractivity contribution in [1.82, 2.24) is 10.3 Å². The molecule has 1 N–H and O–H groups in total. The van der Waals surface area contributed by atoms with Crippen molar-refractivity contribution in [3.8, 4) is 12.3 Å². The van der Waals surface area contributed by atoms with Gasteiger partial charge in [-0.15, -0.1) is 6.42 Å². The summed E-state index contributed by atoms with van der Waals surface area (Å²) in [7, 11) is 0. The Balaban J connectivity index is 3.10. The van der Waals surface area contributed by atoms with Crippen molar-refractivity contribution in [3.05, 3.63) is 33.1 Å². The fourth-order valence-electron chi connectivity index (χ4n) is 1.08. The summed E-state index contributed by atoms with van der Waals surface area (Å²) in [5, 5.41) is 13.0. The smallest absolute Gasteiger partial charge is 0.288 e. The van der Waals surface area contributed by atoms with Crippen molar-refractivity contribution in [1.29, 1.82) is 0 Å². The number of hydrogen-bond donors (Lipinski definition) is 1. The molecule has 7 heteroatoms. The zero-order valence-corrected chi connectivity index (χ0v) is 10.5. The lowest BCUT2D eigenvalue weighted by molar-refractivity contribution is -0.385. The Labute approximate surface area is 109 Å². The standard InChI is InChI=1S/C11H10ClN3O3/c1-4-11(2,3)14-10(16)8-5-7(15(17)18)6-13-9(8)12/h1,5-6H,2-3H3,(H,14,16). The normalized spacial score (nSPS) is 10.6. The zero-order valence-electron chi connectivity index (χ0n) is 9.73. The molecule has 0 spiro atoms. The molecule has 0 bridgehead atoms. The van der Waals surface area contributed by atoms with E-state index in [0.717, 1.165) is 12.3 Å². The maximum absolute atomic E-state index is 11.9. The number of rotatable bonds is 3. The summed E-state index contributed by atoms with van der Waals surface area (Å²) < 4.78 is 0. The van der Waals surface area contributed by atoms with Gasteiger partial charge < -0.3 is 5.32 Å². The lowest BCUT2D eigenvalue weighted by atomic mass is 10.1. The van der Waals surface area contributed by atoms with E-state index in [-0.39, 0.29) is 16.4 Å². The second-order valence-electron chi connectivity index (χ2n) is 4.01. The van der Waals surface area contributed by atoms with Crippen LogP contribution in [0.1, 0.15) is 24.2 Å². The summed E-state index contributed by atoms with van der Waals surface area (Å²) in [6.45, 7) is 3.23. The van der Waals surface area contributed by atoms with Crippen LogP contribution < -0.4 is 5.32 Å². The van der Waals surface area contributed by atoms with Gasteiger partial charge in [0.25, 0.3) is 11.6 Å². The van der Waals surface area contributed by atoms with Crippen LogP contribution in [0.4, 0.5) is 5.69 Å². The van der Waals surface area contributed by atoms with E-state index < -0.39 is 16.4 Å². The first-order valence-electron chi connectivity index (χ1n) is 4.87. The van der Waals surface area contributed by atoms with Crippen molar-refractivity contribution in [2.45, 2.75) is 19.4 Å². The molecule has 0 atom stereocenters. The summed E-state index contributed by atoms with van der Waals surface area (Å²) in [4.78, 5) is 25.4. The number of aromatic nitrogens is 1. The fourth-order valence-corrected chi connectivity index (χ4v) is 1.27. The van der Waals surface area contributed by atoms with E-state index in [9.17, 15) is 14.9 Å².